The minimum Gasteiger partial charge on any atom is -0.312 e. The third-order valence-electron chi connectivity index (χ3n) is 3.21. The summed E-state index contributed by atoms with van der Waals surface area (Å²) in [6.07, 6.45) is 8.45. The van der Waals surface area contributed by atoms with Gasteiger partial charge in [0.25, 0.3) is 0 Å². The maximum atomic E-state index is 6.21. The van der Waals surface area contributed by atoms with Crippen molar-refractivity contribution in [1.82, 2.24) is 10.6 Å². The average Bonchev–Trinajstić information content (AvgIpc) is 2.46. The predicted octanol–water partition coefficient (Wildman–Crippen LogP) is 2.06. The summed E-state index contributed by atoms with van der Waals surface area (Å²) in [6, 6.07) is 10.3. The quantitative estimate of drug-likeness (QED) is 0.694. The predicted molar refractivity (Wildman–Crippen MR) is 75.8 cm³/mol. The fourth-order valence-corrected chi connectivity index (χ4v) is 2.16. The fraction of sp³-hybridized carbons (Fsp3) is 0.333. The lowest BCUT2D eigenvalue weighted by molar-refractivity contribution is 0.425. The zero-order valence-electron chi connectivity index (χ0n) is 10.8. The van der Waals surface area contributed by atoms with Crippen molar-refractivity contribution in [2.75, 3.05) is 7.05 Å². The molecule has 0 heterocycles. The van der Waals surface area contributed by atoms with Gasteiger partial charge in [-0.05, 0) is 31.0 Å². The van der Waals surface area contributed by atoms with Gasteiger partial charge in [-0.15, -0.1) is 0 Å². The standard InChI is InChI=1S/C15H21N3/c1-17-15(13-10-6-3-7-11-13)18-14(16)12-8-4-2-5-9-12/h2-4,6-8,10-11,14-15,17-18H,5,9,16H2,1H3. The molecule has 1 aliphatic rings. The molecule has 2 atom stereocenters. The van der Waals surface area contributed by atoms with Crippen LogP contribution in [0.25, 0.3) is 0 Å². The number of rotatable bonds is 5. The summed E-state index contributed by atoms with van der Waals surface area (Å²) in [4.78, 5) is 0. The van der Waals surface area contributed by atoms with Gasteiger partial charge in [0, 0.05) is 0 Å². The molecule has 3 nitrogen and oxygen atoms in total. The molecule has 1 aliphatic carbocycles. The molecule has 96 valence electrons. The van der Waals surface area contributed by atoms with Crippen LogP contribution in [0.4, 0.5) is 0 Å². The molecule has 0 saturated carbocycles. The van der Waals surface area contributed by atoms with Gasteiger partial charge in [-0.2, -0.15) is 0 Å². The van der Waals surface area contributed by atoms with Crippen LogP contribution in [0.5, 0.6) is 0 Å². The number of nitrogens with two attached hydrogens (primary N) is 1. The molecule has 0 aromatic heterocycles. The lowest BCUT2D eigenvalue weighted by Gasteiger charge is -2.25. The van der Waals surface area contributed by atoms with Crippen molar-refractivity contribution < 1.29 is 0 Å². The number of hydrogen-bond donors (Lipinski definition) is 3. The van der Waals surface area contributed by atoms with E-state index in [1.54, 1.807) is 0 Å². The van der Waals surface area contributed by atoms with Crippen molar-refractivity contribution in [3.05, 3.63) is 59.7 Å². The Balaban J connectivity index is 2.02. The van der Waals surface area contributed by atoms with Gasteiger partial charge in [-0.1, -0.05) is 48.6 Å². The highest BCUT2D eigenvalue weighted by atomic mass is 15.2. The van der Waals surface area contributed by atoms with E-state index >= 15 is 0 Å². The van der Waals surface area contributed by atoms with E-state index < -0.39 is 0 Å². The van der Waals surface area contributed by atoms with E-state index in [0.717, 1.165) is 12.8 Å². The van der Waals surface area contributed by atoms with E-state index in [9.17, 15) is 0 Å². The summed E-state index contributed by atoms with van der Waals surface area (Å²) in [5, 5.41) is 6.67. The van der Waals surface area contributed by atoms with Gasteiger partial charge in [0.2, 0.25) is 0 Å². The summed E-state index contributed by atoms with van der Waals surface area (Å²) in [7, 11) is 1.94. The van der Waals surface area contributed by atoms with Gasteiger partial charge in [-0.3, -0.25) is 5.32 Å². The zero-order chi connectivity index (χ0) is 12.8. The van der Waals surface area contributed by atoms with Crippen molar-refractivity contribution in [3.8, 4) is 0 Å². The van der Waals surface area contributed by atoms with Crippen LogP contribution < -0.4 is 16.4 Å². The van der Waals surface area contributed by atoms with Crippen molar-refractivity contribution in [3.63, 3.8) is 0 Å². The first-order valence-electron chi connectivity index (χ1n) is 6.40. The SMILES string of the molecule is CNC(NC(N)C1=CC=CCC1)c1ccccc1. The minimum atomic E-state index is -0.104. The molecule has 0 radical (unpaired) electrons. The highest BCUT2D eigenvalue weighted by molar-refractivity contribution is 5.23. The van der Waals surface area contributed by atoms with Crippen molar-refractivity contribution in [1.29, 1.82) is 0 Å². The Morgan fingerprint density at radius 3 is 2.61 bits per heavy atom. The first kappa shape index (κ1) is 13.0. The third kappa shape index (κ3) is 3.29. The van der Waals surface area contributed by atoms with E-state index in [-0.39, 0.29) is 12.3 Å². The van der Waals surface area contributed by atoms with Crippen LogP contribution in [0, 0.1) is 0 Å². The van der Waals surface area contributed by atoms with Gasteiger partial charge < -0.3 is 11.1 Å². The number of hydrogen-bond acceptors (Lipinski definition) is 3. The molecule has 0 amide bonds. The smallest absolute Gasteiger partial charge is 0.0847 e. The molecule has 0 fully saturated rings. The van der Waals surface area contributed by atoms with Gasteiger partial charge in [0.15, 0.2) is 0 Å². The van der Waals surface area contributed by atoms with Crippen LogP contribution in [0.3, 0.4) is 0 Å². The molecule has 0 saturated heterocycles. The van der Waals surface area contributed by atoms with Crippen LogP contribution in [-0.4, -0.2) is 13.2 Å². The first-order chi connectivity index (χ1) is 8.81. The van der Waals surface area contributed by atoms with Crippen molar-refractivity contribution in [2.45, 2.75) is 25.2 Å². The molecular formula is C15H21N3. The largest absolute Gasteiger partial charge is 0.312 e. The summed E-state index contributed by atoms with van der Waals surface area (Å²) in [5.41, 5.74) is 8.66. The second-order valence-electron chi connectivity index (χ2n) is 4.49. The Labute approximate surface area is 109 Å². The van der Waals surface area contributed by atoms with E-state index in [4.69, 9.17) is 5.73 Å². The Hall–Kier alpha value is -1.42. The number of allylic oxidation sites excluding steroid dienone is 3. The Morgan fingerprint density at radius 1 is 1.22 bits per heavy atom. The molecule has 0 bridgehead atoms. The number of benzene rings is 1. The molecule has 0 aliphatic heterocycles. The van der Waals surface area contributed by atoms with Crippen LogP contribution in [0.2, 0.25) is 0 Å². The normalized spacial score (nSPS) is 18.2. The lowest BCUT2D eigenvalue weighted by atomic mass is 10.0. The van der Waals surface area contributed by atoms with Crippen LogP contribution in [-0.2, 0) is 0 Å². The van der Waals surface area contributed by atoms with Crippen molar-refractivity contribution >= 4 is 0 Å². The van der Waals surface area contributed by atoms with Gasteiger partial charge in [-0.25, -0.2) is 0 Å². The van der Waals surface area contributed by atoms with Crippen LogP contribution in [0.1, 0.15) is 24.6 Å². The van der Waals surface area contributed by atoms with E-state index in [1.807, 2.05) is 25.2 Å². The molecule has 1 aromatic carbocycles. The van der Waals surface area contributed by atoms with E-state index in [0.29, 0.717) is 0 Å². The molecule has 2 unspecified atom stereocenters. The van der Waals surface area contributed by atoms with Crippen LogP contribution in [0.15, 0.2) is 54.1 Å². The Kier molecular flexibility index (Phi) is 4.70. The molecule has 3 heteroatoms. The van der Waals surface area contributed by atoms with Gasteiger partial charge in [0.1, 0.15) is 0 Å². The highest BCUT2D eigenvalue weighted by Crippen LogP contribution is 2.16. The van der Waals surface area contributed by atoms with E-state index in [1.165, 1.54) is 11.1 Å². The average molecular weight is 243 g/mol. The Bertz CT molecular complexity index is 423. The topological polar surface area (TPSA) is 50.1 Å². The number of nitrogens with one attached hydrogen (secondary N) is 2. The maximum absolute atomic E-state index is 6.21. The fourth-order valence-electron chi connectivity index (χ4n) is 2.16. The molecule has 18 heavy (non-hydrogen) atoms. The lowest BCUT2D eigenvalue weighted by Crippen LogP contribution is -2.45. The first-order valence-corrected chi connectivity index (χ1v) is 6.40. The summed E-state index contributed by atoms with van der Waals surface area (Å²) in [6.45, 7) is 0. The third-order valence-corrected chi connectivity index (χ3v) is 3.21. The maximum Gasteiger partial charge on any atom is 0.0847 e. The molecular weight excluding hydrogens is 222 g/mol. The van der Waals surface area contributed by atoms with Gasteiger partial charge in [0.05, 0.1) is 12.3 Å². The second-order valence-corrected chi connectivity index (χ2v) is 4.49. The van der Waals surface area contributed by atoms with Crippen molar-refractivity contribution in [2.24, 2.45) is 5.73 Å². The van der Waals surface area contributed by atoms with Gasteiger partial charge >= 0.3 is 0 Å². The zero-order valence-corrected chi connectivity index (χ0v) is 10.8. The summed E-state index contributed by atoms with van der Waals surface area (Å²) < 4.78 is 0. The summed E-state index contributed by atoms with van der Waals surface area (Å²) >= 11 is 0. The summed E-state index contributed by atoms with van der Waals surface area (Å²) in [5.74, 6) is 0. The monoisotopic (exact) mass is 243 g/mol. The second kappa shape index (κ2) is 6.50. The van der Waals surface area contributed by atoms with E-state index in [2.05, 4.69) is 41.0 Å². The molecule has 2 rings (SSSR count). The minimum absolute atomic E-state index is 0.0769. The Morgan fingerprint density at radius 2 is 2.00 bits per heavy atom. The molecule has 0 spiro atoms. The molecule has 4 N–H and O–H groups in total. The highest BCUT2D eigenvalue weighted by Gasteiger charge is 2.15. The molecule has 1 aromatic rings. The van der Waals surface area contributed by atoms with Crippen LogP contribution >= 0.6 is 0 Å².